The number of aliphatic hydroxyl groups is 2. The van der Waals surface area contributed by atoms with Gasteiger partial charge in [0.25, 0.3) is 0 Å². The van der Waals surface area contributed by atoms with Crippen LogP contribution in [0.5, 0.6) is 0 Å². The van der Waals surface area contributed by atoms with Gasteiger partial charge in [-0.15, -0.1) is 0 Å². The van der Waals surface area contributed by atoms with E-state index >= 15 is 0 Å². The van der Waals surface area contributed by atoms with Gasteiger partial charge in [-0.2, -0.15) is 0 Å². The molecular weight excluding hydrogens is 154 g/mol. The summed E-state index contributed by atoms with van der Waals surface area (Å²) < 4.78 is 0. The minimum absolute atomic E-state index is 0.125. The molecule has 3 heteroatoms. The van der Waals surface area contributed by atoms with E-state index in [2.05, 4.69) is 0 Å². The molecule has 12 heavy (non-hydrogen) atoms. The lowest BCUT2D eigenvalue weighted by Gasteiger charge is -1.90. The third-order valence-electron chi connectivity index (χ3n) is 1.18. The smallest absolute Gasteiger partial charge is 0.0662 e. The fourth-order valence-corrected chi connectivity index (χ4v) is 0.614. The fraction of sp³-hybridized carbons (Fsp3) is 0.333. The molecule has 68 valence electrons. The normalized spacial score (nSPS) is 8.58. The van der Waals surface area contributed by atoms with Gasteiger partial charge in [0, 0.05) is 6.54 Å². The maximum atomic E-state index is 7.62. The fourth-order valence-electron chi connectivity index (χ4n) is 0.614. The van der Waals surface area contributed by atoms with Crippen LogP contribution in [0.2, 0.25) is 0 Å². The van der Waals surface area contributed by atoms with Gasteiger partial charge < -0.3 is 15.9 Å². The van der Waals surface area contributed by atoms with Gasteiger partial charge in [-0.05, 0) is 5.56 Å². The predicted octanol–water partition coefficient (Wildman–Crippen LogP) is 0.116. The van der Waals surface area contributed by atoms with Crippen LogP contribution in [-0.4, -0.2) is 23.4 Å². The molecule has 0 aliphatic carbocycles. The van der Waals surface area contributed by atoms with E-state index in [0.29, 0.717) is 6.54 Å². The standard InChI is InChI=1S/C7H9N.C2H6O2/c8-6-7-4-2-1-3-5-7;3-1-2-4/h1-5H,6,8H2;3-4H,1-2H2. The summed E-state index contributed by atoms with van der Waals surface area (Å²) in [5, 5.41) is 15.2. The molecule has 0 bridgehead atoms. The second-order valence-electron chi connectivity index (χ2n) is 2.14. The predicted molar refractivity (Wildman–Crippen MR) is 48.5 cm³/mol. The van der Waals surface area contributed by atoms with Crippen LogP contribution in [0.3, 0.4) is 0 Å². The second-order valence-corrected chi connectivity index (χ2v) is 2.14. The lowest BCUT2D eigenvalue weighted by Crippen LogP contribution is -1.94. The highest BCUT2D eigenvalue weighted by molar-refractivity contribution is 5.13. The molecule has 3 nitrogen and oxygen atoms in total. The summed E-state index contributed by atoms with van der Waals surface area (Å²) in [5.41, 5.74) is 6.54. The Morgan fingerprint density at radius 2 is 1.50 bits per heavy atom. The first-order valence-corrected chi connectivity index (χ1v) is 3.80. The zero-order valence-electron chi connectivity index (χ0n) is 6.98. The van der Waals surface area contributed by atoms with Crippen LogP contribution in [0.25, 0.3) is 0 Å². The van der Waals surface area contributed by atoms with Crippen molar-refractivity contribution in [3.05, 3.63) is 35.9 Å². The van der Waals surface area contributed by atoms with Crippen molar-refractivity contribution in [2.75, 3.05) is 13.2 Å². The largest absolute Gasteiger partial charge is 0.394 e. The van der Waals surface area contributed by atoms with E-state index < -0.39 is 0 Å². The Morgan fingerprint density at radius 1 is 1.00 bits per heavy atom. The Hall–Kier alpha value is -0.900. The van der Waals surface area contributed by atoms with Crippen molar-refractivity contribution in [3.8, 4) is 0 Å². The van der Waals surface area contributed by atoms with E-state index in [-0.39, 0.29) is 13.2 Å². The SMILES string of the molecule is NCc1ccccc1.OCCO. The second kappa shape index (κ2) is 8.20. The average molecular weight is 169 g/mol. The third-order valence-corrected chi connectivity index (χ3v) is 1.18. The van der Waals surface area contributed by atoms with Gasteiger partial charge in [-0.3, -0.25) is 0 Å². The first kappa shape index (κ1) is 11.1. The van der Waals surface area contributed by atoms with E-state index in [1.807, 2.05) is 30.3 Å². The number of nitrogens with two attached hydrogens (primary N) is 1. The van der Waals surface area contributed by atoms with E-state index in [1.165, 1.54) is 5.56 Å². The minimum Gasteiger partial charge on any atom is -0.394 e. The third kappa shape index (κ3) is 5.85. The van der Waals surface area contributed by atoms with Crippen LogP contribution in [0.4, 0.5) is 0 Å². The zero-order valence-corrected chi connectivity index (χ0v) is 6.98. The van der Waals surface area contributed by atoms with Crippen molar-refractivity contribution in [3.63, 3.8) is 0 Å². The molecule has 1 aromatic carbocycles. The molecule has 0 saturated heterocycles. The number of aliphatic hydroxyl groups excluding tert-OH is 2. The molecule has 0 radical (unpaired) electrons. The van der Waals surface area contributed by atoms with Crippen LogP contribution >= 0.6 is 0 Å². The summed E-state index contributed by atoms with van der Waals surface area (Å²) in [6, 6.07) is 9.99. The summed E-state index contributed by atoms with van der Waals surface area (Å²) in [7, 11) is 0. The van der Waals surface area contributed by atoms with Crippen molar-refractivity contribution in [1.29, 1.82) is 0 Å². The maximum Gasteiger partial charge on any atom is 0.0662 e. The number of rotatable bonds is 2. The monoisotopic (exact) mass is 169 g/mol. The van der Waals surface area contributed by atoms with Crippen LogP contribution in [0, 0.1) is 0 Å². The minimum atomic E-state index is -0.125. The Kier molecular flexibility index (Phi) is 7.58. The number of hydrogen-bond donors (Lipinski definition) is 3. The first-order valence-electron chi connectivity index (χ1n) is 3.80. The Labute approximate surface area is 72.5 Å². The topological polar surface area (TPSA) is 66.5 Å². The molecular formula is C9H15NO2. The van der Waals surface area contributed by atoms with Gasteiger partial charge in [0.15, 0.2) is 0 Å². The molecule has 0 amide bonds. The van der Waals surface area contributed by atoms with Gasteiger partial charge in [-0.25, -0.2) is 0 Å². The van der Waals surface area contributed by atoms with Crippen molar-refractivity contribution in [2.45, 2.75) is 6.54 Å². The summed E-state index contributed by atoms with van der Waals surface area (Å²) in [6.45, 7) is 0.390. The van der Waals surface area contributed by atoms with Crippen LogP contribution in [-0.2, 0) is 6.54 Å². The molecule has 1 rings (SSSR count). The van der Waals surface area contributed by atoms with Gasteiger partial charge in [-0.1, -0.05) is 30.3 Å². The molecule has 1 aromatic rings. The molecule has 0 spiro atoms. The highest BCUT2D eigenvalue weighted by Gasteiger charge is 1.80. The summed E-state index contributed by atoms with van der Waals surface area (Å²) >= 11 is 0. The van der Waals surface area contributed by atoms with Crippen LogP contribution < -0.4 is 5.73 Å². The lowest BCUT2D eigenvalue weighted by molar-refractivity contribution is 0.186. The number of benzene rings is 1. The van der Waals surface area contributed by atoms with E-state index in [4.69, 9.17) is 15.9 Å². The van der Waals surface area contributed by atoms with Gasteiger partial charge in [0.1, 0.15) is 0 Å². The Morgan fingerprint density at radius 3 is 1.75 bits per heavy atom. The Balaban J connectivity index is 0.000000261. The van der Waals surface area contributed by atoms with Gasteiger partial charge >= 0.3 is 0 Å². The number of hydrogen-bond acceptors (Lipinski definition) is 3. The Bertz CT molecular complexity index is 175. The van der Waals surface area contributed by atoms with E-state index in [1.54, 1.807) is 0 Å². The van der Waals surface area contributed by atoms with E-state index in [9.17, 15) is 0 Å². The highest BCUT2D eigenvalue weighted by Crippen LogP contribution is 1.94. The summed E-state index contributed by atoms with van der Waals surface area (Å²) in [6.07, 6.45) is 0. The average Bonchev–Trinajstić information content (AvgIpc) is 2.19. The molecule has 0 aliphatic rings. The van der Waals surface area contributed by atoms with Gasteiger partial charge in [0.05, 0.1) is 13.2 Å². The first-order chi connectivity index (χ1) is 5.85. The van der Waals surface area contributed by atoms with Crippen LogP contribution in [0.1, 0.15) is 5.56 Å². The molecule has 0 aromatic heterocycles. The highest BCUT2D eigenvalue weighted by atomic mass is 16.3. The molecule has 0 atom stereocenters. The summed E-state index contributed by atoms with van der Waals surface area (Å²) in [5.74, 6) is 0. The van der Waals surface area contributed by atoms with Crippen molar-refractivity contribution >= 4 is 0 Å². The maximum absolute atomic E-state index is 7.62. The molecule has 0 fully saturated rings. The van der Waals surface area contributed by atoms with Crippen molar-refractivity contribution in [1.82, 2.24) is 0 Å². The van der Waals surface area contributed by atoms with Crippen molar-refractivity contribution < 1.29 is 10.2 Å². The zero-order chi connectivity index (χ0) is 9.23. The van der Waals surface area contributed by atoms with Crippen LogP contribution in [0.15, 0.2) is 30.3 Å². The van der Waals surface area contributed by atoms with Crippen molar-refractivity contribution in [2.24, 2.45) is 5.73 Å². The van der Waals surface area contributed by atoms with E-state index in [0.717, 1.165) is 0 Å². The molecule has 0 unspecified atom stereocenters. The molecule has 0 heterocycles. The van der Waals surface area contributed by atoms with Gasteiger partial charge in [0.2, 0.25) is 0 Å². The quantitative estimate of drug-likeness (QED) is 0.589. The summed E-state index contributed by atoms with van der Waals surface area (Å²) in [4.78, 5) is 0. The molecule has 4 N–H and O–H groups in total. The molecule has 0 aliphatic heterocycles. The molecule has 0 saturated carbocycles. The lowest BCUT2D eigenvalue weighted by atomic mass is 10.2.